The largest absolute Gasteiger partial charge is 0.492 e. The van der Waals surface area contributed by atoms with Crippen LogP contribution in [0.5, 0.6) is 5.75 Å². The van der Waals surface area contributed by atoms with Crippen molar-refractivity contribution >= 4 is 39.8 Å². The Hall–Kier alpha value is -1.73. The highest BCUT2D eigenvalue weighted by atomic mass is 32.2. The molecule has 0 bridgehead atoms. The summed E-state index contributed by atoms with van der Waals surface area (Å²) >= 11 is 2.78. The first-order valence-corrected chi connectivity index (χ1v) is 7.85. The molecule has 0 spiro atoms. The minimum absolute atomic E-state index is 0.0888. The fourth-order valence-corrected chi connectivity index (χ4v) is 3.07. The van der Waals surface area contributed by atoms with E-state index in [1.54, 1.807) is 6.20 Å². The van der Waals surface area contributed by atoms with Crippen LogP contribution in [0.1, 0.15) is 6.92 Å². The van der Waals surface area contributed by atoms with E-state index in [0.29, 0.717) is 28.9 Å². The zero-order chi connectivity index (χ0) is 14.4. The van der Waals surface area contributed by atoms with Gasteiger partial charge in [-0.15, -0.1) is 11.8 Å². The Morgan fingerprint density at radius 2 is 2.30 bits per heavy atom. The fourth-order valence-electron chi connectivity index (χ4n) is 1.51. The van der Waals surface area contributed by atoms with Crippen LogP contribution >= 0.6 is 23.1 Å². The minimum atomic E-state index is -0.0888. The average molecular weight is 309 g/mol. The molecule has 20 heavy (non-hydrogen) atoms. The minimum Gasteiger partial charge on any atom is -0.492 e. The highest BCUT2D eigenvalue weighted by molar-refractivity contribution is 8.01. The summed E-state index contributed by atoms with van der Waals surface area (Å²) in [5.74, 6) is 0.895. The molecule has 0 unspecified atom stereocenters. The summed E-state index contributed by atoms with van der Waals surface area (Å²) in [7, 11) is 0. The van der Waals surface area contributed by atoms with Crippen molar-refractivity contribution in [2.45, 2.75) is 11.1 Å². The number of benzene rings is 1. The number of nitrogens with two attached hydrogens (primary N) is 1. The van der Waals surface area contributed by atoms with Gasteiger partial charge in [-0.2, -0.15) is 0 Å². The van der Waals surface area contributed by atoms with Crippen LogP contribution in [0.15, 0.2) is 34.7 Å². The van der Waals surface area contributed by atoms with Crippen LogP contribution in [0, 0.1) is 0 Å². The van der Waals surface area contributed by atoms with E-state index >= 15 is 0 Å². The summed E-state index contributed by atoms with van der Waals surface area (Å²) in [6.07, 6.45) is 1.67. The number of amides is 1. The van der Waals surface area contributed by atoms with E-state index in [-0.39, 0.29) is 5.91 Å². The zero-order valence-electron chi connectivity index (χ0n) is 11.0. The number of rotatable bonds is 6. The molecule has 1 heterocycles. The summed E-state index contributed by atoms with van der Waals surface area (Å²) in [4.78, 5) is 15.9. The third kappa shape index (κ3) is 4.14. The number of carbonyl (C=O) groups is 1. The number of hydrogen-bond donors (Lipinski definition) is 2. The van der Waals surface area contributed by atoms with Crippen LogP contribution in [-0.4, -0.2) is 23.3 Å². The number of hydrogen-bond acceptors (Lipinski definition) is 6. The van der Waals surface area contributed by atoms with Gasteiger partial charge in [-0.3, -0.25) is 4.79 Å². The summed E-state index contributed by atoms with van der Waals surface area (Å²) in [6, 6.07) is 7.37. The van der Waals surface area contributed by atoms with Gasteiger partial charge in [-0.1, -0.05) is 23.5 Å². The van der Waals surface area contributed by atoms with Gasteiger partial charge in [0.2, 0.25) is 5.91 Å². The predicted molar refractivity (Wildman–Crippen MR) is 83.5 cm³/mol. The summed E-state index contributed by atoms with van der Waals surface area (Å²) in [5.41, 5.74) is 6.22. The number of para-hydroxylation sites is 2. The number of thioether (sulfide) groups is 1. The number of carbonyl (C=O) groups excluding carboxylic acids is 1. The zero-order valence-corrected chi connectivity index (χ0v) is 12.6. The van der Waals surface area contributed by atoms with Crippen molar-refractivity contribution in [3.05, 3.63) is 30.5 Å². The lowest BCUT2D eigenvalue weighted by Crippen LogP contribution is -2.14. The van der Waals surface area contributed by atoms with Crippen LogP contribution < -0.4 is 15.8 Å². The molecule has 2 rings (SSSR count). The molecular weight excluding hydrogens is 294 g/mol. The van der Waals surface area contributed by atoms with Crippen LogP contribution in [-0.2, 0) is 4.79 Å². The molecule has 0 radical (unpaired) electrons. The van der Waals surface area contributed by atoms with Crippen molar-refractivity contribution in [3.8, 4) is 5.75 Å². The quantitative estimate of drug-likeness (QED) is 0.802. The van der Waals surface area contributed by atoms with Crippen molar-refractivity contribution < 1.29 is 9.53 Å². The number of anilines is 2. The normalized spacial score (nSPS) is 10.2. The topological polar surface area (TPSA) is 77.2 Å². The van der Waals surface area contributed by atoms with Gasteiger partial charge in [0, 0.05) is 0 Å². The molecule has 0 atom stereocenters. The lowest BCUT2D eigenvalue weighted by molar-refractivity contribution is -0.113. The smallest absolute Gasteiger partial charge is 0.234 e. The second-order valence-corrected chi connectivity index (χ2v) is 6.12. The molecule has 0 saturated carbocycles. The first kappa shape index (κ1) is 14.7. The van der Waals surface area contributed by atoms with Gasteiger partial charge in [-0.05, 0) is 19.1 Å². The molecule has 0 aliphatic carbocycles. The lowest BCUT2D eigenvalue weighted by Gasteiger charge is -2.10. The number of nitrogens with zero attached hydrogens (tertiary/aromatic N) is 1. The van der Waals surface area contributed by atoms with Crippen molar-refractivity contribution in [1.82, 2.24) is 4.98 Å². The van der Waals surface area contributed by atoms with E-state index < -0.39 is 0 Å². The molecule has 2 aromatic rings. The maximum Gasteiger partial charge on any atom is 0.234 e. The number of nitrogens with one attached hydrogen (secondary N) is 1. The maximum absolute atomic E-state index is 11.9. The van der Waals surface area contributed by atoms with Gasteiger partial charge in [0.1, 0.15) is 5.75 Å². The molecule has 3 N–H and O–H groups in total. The Bertz CT molecular complexity index is 587. The van der Waals surface area contributed by atoms with Crippen molar-refractivity contribution in [2.24, 2.45) is 0 Å². The van der Waals surface area contributed by atoms with E-state index in [9.17, 15) is 4.79 Å². The molecule has 0 aliphatic heterocycles. The third-order valence-electron chi connectivity index (χ3n) is 2.31. The Kier molecular flexibility index (Phi) is 5.25. The second-order valence-electron chi connectivity index (χ2n) is 3.78. The van der Waals surface area contributed by atoms with E-state index in [0.717, 1.165) is 4.21 Å². The first-order valence-electron chi connectivity index (χ1n) is 6.05. The predicted octanol–water partition coefficient (Wildman–Crippen LogP) is 2.85. The summed E-state index contributed by atoms with van der Waals surface area (Å²) in [6.45, 7) is 2.46. The lowest BCUT2D eigenvalue weighted by atomic mass is 10.3. The second kappa shape index (κ2) is 7.16. The van der Waals surface area contributed by atoms with Gasteiger partial charge in [0.25, 0.3) is 0 Å². The Morgan fingerprint density at radius 1 is 1.50 bits per heavy atom. The number of ether oxygens (including phenoxy) is 1. The standard InChI is InChI=1S/C13H15N3O2S2/c1-2-18-10-6-4-3-5-9(10)16-11(17)8-19-12-7-15-13(14)20-12/h3-7H,2,8H2,1H3,(H2,14,15)(H,16,17). The first-order chi connectivity index (χ1) is 9.69. The molecule has 1 aromatic heterocycles. The molecule has 106 valence electrons. The van der Waals surface area contributed by atoms with E-state index in [2.05, 4.69) is 10.3 Å². The van der Waals surface area contributed by atoms with E-state index in [1.807, 2.05) is 31.2 Å². The highest BCUT2D eigenvalue weighted by Gasteiger charge is 2.09. The molecule has 7 heteroatoms. The van der Waals surface area contributed by atoms with Gasteiger partial charge < -0.3 is 15.8 Å². The van der Waals surface area contributed by atoms with Crippen LogP contribution in [0.25, 0.3) is 0 Å². The van der Waals surface area contributed by atoms with E-state index in [4.69, 9.17) is 10.5 Å². The monoisotopic (exact) mass is 309 g/mol. The van der Waals surface area contributed by atoms with E-state index in [1.165, 1.54) is 23.1 Å². The molecule has 0 fully saturated rings. The number of aromatic nitrogens is 1. The van der Waals surface area contributed by atoms with Gasteiger partial charge in [0.05, 0.1) is 28.5 Å². The number of thiazole rings is 1. The van der Waals surface area contributed by atoms with Crippen molar-refractivity contribution in [2.75, 3.05) is 23.4 Å². The van der Waals surface area contributed by atoms with Crippen molar-refractivity contribution in [1.29, 1.82) is 0 Å². The van der Waals surface area contributed by atoms with Crippen LogP contribution in [0.3, 0.4) is 0 Å². The van der Waals surface area contributed by atoms with Gasteiger partial charge >= 0.3 is 0 Å². The Morgan fingerprint density at radius 3 is 3.00 bits per heavy atom. The van der Waals surface area contributed by atoms with Gasteiger partial charge in [0.15, 0.2) is 5.13 Å². The van der Waals surface area contributed by atoms with Crippen LogP contribution in [0.2, 0.25) is 0 Å². The maximum atomic E-state index is 11.9. The fraction of sp³-hybridized carbons (Fsp3) is 0.231. The summed E-state index contributed by atoms with van der Waals surface area (Å²) < 4.78 is 6.38. The third-order valence-corrected chi connectivity index (χ3v) is 4.33. The molecular formula is C13H15N3O2S2. The summed E-state index contributed by atoms with van der Waals surface area (Å²) in [5, 5.41) is 3.35. The van der Waals surface area contributed by atoms with Crippen LogP contribution in [0.4, 0.5) is 10.8 Å². The SMILES string of the molecule is CCOc1ccccc1NC(=O)CSc1cnc(N)s1. The van der Waals surface area contributed by atoms with Gasteiger partial charge in [-0.25, -0.2) is 4.98 Å². The molecule has 0 saturated heterocycles. The Balaban J connectivity index is 1.91. The number of nitrogen functional groups attached to an aromatic ring is 1. The highest BCUT2D eigenvalue weighted by Crippen LogP contribution is 2.27. The molecule has 5 nitrogen and oxygen atoms in total. The molecule has 1 aromatic carbocycles. The molecule has 1 amide bonds. The Labute approximate surface area is 125 Å². The average Bonchev–Trinajstić information content (AvgIpc) is 2.85. The molecule has 0 aliphatic rings. The van der Waals surface area contributed by atoms with Crippen molar-refractivity contribution in [3.63, 3.8) is 0 Å².